The van der Waals surface area contributed by atoms with Crippen molar-refractivity contribution in [2.45, 2.75) is 44.6 Å². The fourth-order valence-corrected chi connectivity index (χ4v) is 3.53. The fourth-order valence-electron chi connectivity index (χ4n) is 3.26. The summed E-state index contributed by atoms with van der Waals surface area (Å²) < 4.78 is 17.7. The van der Waals surface area contributed by atoms with Crippen molar-refractivity contribution in [3.8, 4) is 0 Å². The summed E-state index contributed by atoms with van der Waals surface area (Å²) in [6, 6.07) is 16.0. The van der Waals surface area contributed by atoms with Gasteiger partial charge in [-0.15, -0.1) is 0 Å². The molecule has 178 valence electrons. The van der Waals surface area contributed by atoms with Crippen LogP contribution in [0.2, 0.25) is 0 Å². The van der Waals surface area contributed by atoms with Crippen LogP contribution in [-0.4, -0.2) is 49.1 Å². The van der Waals surface area contributed by atoms with Crippen molar-refractivity contribution < 1.29 is 23.8 Å². The minimum absolute atomic E-state index is 0.163. The van der Waals surface area contributed by atoms with Crippen molar-refractivity contribution in [1.29, 1.82) is 0 Å². The highest BCUT2D eigenvalue weighted by atomic mass is 79.9. The van der Waals surface area contributed by atoms with Crippen LogP contribution in [0.25, 0.3) is 0 Å². The lowest BCUT2D eigenvalue weighted by Gasteiger charge is -2.47. The fraction of sp³-hybridized carbons (Fsp3) is 0.417. The molecule has 0 aliphatic carbocycles. The highest BCUT2D eigenvalue weighted by Crippen LogP contribution is 2.24. The minimum atomic E-state index is -0.840. The highest BCUT2D eigenvalue weighted by Gasteiger charge is 2.48. The van der Waals surface area contributed by atoms with Gasteiger partial charge in [-0.1, -0.05) is 46.3 Å². The summed E-state index contributed by atoms with van der Waals surface area (Å²) in [6.07, 6.45) is -0.586. The first-order chi connectivity index (χ1) is 15.7. The molecule has 0 spiro atoms. The molecule has 0 radical (unpaired) electrons. The molecule has 0 unspecified atom stereocenters. The largest absolute Gasteiger partial charge is 0.444 e. The first-order valence-electron chi connectivity index (χ1n) is 10.7. The number of amides is 3. The molecule has 3 amide bonds. The number of halogens is 1. The van der Waals surface area contributed by atoms with E-state index < -0.39 is 29.3 Å². The second-order valence-electron chi connectivity index (χ2n) is 8.93. The summed E-state index contributed by atoms with van der Waals surface area (Å²) in [7, 11) is 0. The normalized spacial score (nSPS) is 15.6. The maximum absolute atomic E-state index is 12.7. The molecule has 1 saturated heterocycles. The summed E-state index contributed by atoms with van der Waals surface area (Å²) >= 11 is 3.37. The Morgan fingerprint density at radius 2 is 1.76 bits per heavy atom. The van der Waals surface area contributed by atoms with Crippen LogP contribution in [-0.2, 0) is 20.8 Å². The SMILES string of the molecule is CC(C)(C)OC(=O)N[C@@H](COCc1ccccc1)C1(NC(=O)Nc2ccc(Br)cc2)COC1. The van der Waals surface area contributed by atoms with E-state index in [-0.39, 0.29) is 19.8 Å². The van der Waals surface area contributed by atoms with E-state index in [9.17, 15) is 9.59 Å². The zero-order valence-corrected chi connectivity index (χ0v) is 20.6. The number of carbonyl (C=O) groups is 2. The van der Waals surface area contributed by atoms with Gasteiger partial charge in [-0.05, 0) is 50.6 Å². The molecular weight excluding hydrogens is 490 g/mol. The van der Waals surface area contributed by atoms with Gasteiger partial charge in [-0.3, -0.25) is 0 Å². The Balaban J connectivity index is 1.68. The number of anilines is 1. The zero-order chi connectivity index (χ0) is 23.9. The number of carbonyl (C=O) groups excluding carboxylic acids is 2. The molecular formula is C24H30BrN3O5. The predicted octanol–water partition coefficient (Wildman–Crippen LogP) is 4.45. The number of hydrogen-bond donors (Lipinski definition) is 3. The number of rotatable bonds is 8. The van der Waals surface area contributed by atoms with Crippen LogP contribution < -0.4 is 16.0 Å². The summed E-state index contributed by atoms with van der Waals surface area (Å²) in [5, 5.41) is 8.65. The van der Waals surface area contributed by atoms with E-state index in [4.69, 9.17) is 14.2 Å². The highest BCUT2D eigenvalue weighted by molar-refractivity contribution is 9.10. The Morgan fingerprint density at radius 1 is 1.09 bits per heavy atom. The van der Waals surface area contributed by atoms with Crippen molar-refractivity contribution in [3.63, 3.8) is 0 Å². The van der Waals surface area contributed by atoms with Gasteiger partial charge in [-0.2, -0.15) is 0 Å². The van der Waals surface area contributed by atoms with Gasteiger partial charge in [-0.25, -0.2) is 9.59 Å². The van der Waals surface area contributed by atoms with E-state index in [1.165, 1.54) is 0 Å². The Kier molecular flexibility index (Phi) is 8.34. The molecule has 1 aliphatic heterocycles. The molecule has 3 rings (SSSR count). The number of ether oxygens (including phenoxy) is 3. The van der Waals surface area contributed by atoms with E-state index in [1.807, 2.05) is 42.5 Å². The summed E-state index contributed by atoms with van der Waals surface area (Å²) in [5.74, 6) is 0. The topological polar surface area (TPSA) is 97.9 Å². The van der Waals surface area contributed by atoms with Crippen LogP contribution in [0.4, 0.5) is 15.3 Å². The molecule has 2 aromatic rings. The third-order valence-corrected chi connectivity index (χ3v) is 5.47. The van der Waals surface area contributed by atoms with Crippen molar-refractivity contribution in [2.75, 3.05) is 25.1 Å². The van der Waals surface area contributed by atoms with Gasteiger partial charge in [0.05, 0.1) is 32.5 Å². The standard InChI is InChI=1S/C24H30BrN3O5/c1-23(2,3)33-22(30)27-20(14-31-13-17-7-5-4-6-8-17)24(15-32-16-24)28-21(29)26-19-11-9-18(25)10-12-19/h4-12,20H,13-16H2,1-3H3,(H,27,30)(H2,26,28,29)/t20-/m0/s1. The summed E-state index contributed by atoms with van der Waals surface area (Å²) in [4.78, 5) is 25.3. The third kappa shape index (κ3) is 7.73. The Labute approximate surface area is 202 Å². The lowest BCUT2D eigenvalue weighted by Crippen LogP contribution is -2.74. The number of hydrogen-bond acceptors (Lipinski definition) is 5. The van der Waals surface area contributed by atoms with Crippen molar-refractivity contribution in [2.24, 2.45) is 0 Å². The molecule has 0 aromatic heterocycles. The maximum Gasteiger partial charge on any atom is 0.408 e. The van der Waals surface area contributed by atoms with Crippen LogP contribution in [0.3, 0.4) is 0 Å². The average Bonchev–Trinajstić information content (AvgIpc) is 2.71. The van der Waals surface area contributed by atoms with Crippen LogP contribution in [0.15, 0.2) is 59.1 Å². The Morgan fingerprint density at radius 3 is 2.33 bits per heavy atom. The van der Waals surface area contributed by atoms with Crippen LogP contribution in [0.5, 0.6) is 0 Å². The van der Waals surface area contributed by atoms with Gasteiger partial charge in [0.2, 0.25) is 0 Å². The minimum Gasteiger partial charge on any atom is -0.444 e. The Hall–Kier alpha value is -2.62. The van der Waals surface area contributed by atoms with Crippen LogP contribution in [0, 0.1) is 0 Å². The predicted molar refractivity (Wildman–Crippen MR) is 129 cm³/mol. The first-order valence-corrected chi connectivity index (χ1v) is 11.5. The molecule has 3 N–H and O–H groups in total. The zero-order valence-electron chi connectivity index (χ0n) is 19.0. The second kappa shape index (κ2) is 11.0. The van der Waals surface area contributed by atoms with E-state index in [2.05, 4.69) is 31.9 Å². The second-order valence-corrected chi connectivity index (χ2v) is 9.85. The van der Waals surface area contributed by atoms with Crippen molar-refractivity contribution >= 4 is 33.7 Å². The molecule has 1 heterocycles. The molecule has 33 heavy (non-hydrogen) atoms. The van der Waals surface area contributed by atoms with E-state index >= 15 is 0 Å². The maximum atomic E-state index is 12.7. The molecule has 1 aliphatic rings. The molecule has 0 bridgehead atoms. The van der Waals surface area contributed by atoms with Crippen LogP contribution >= 0.6 is 15.9 Å². The number of urea groups is 1. The number of nitrogens with one attached hydrogen (secondary N) is 3. The van der Waals surface area contributed by atoms with E-state index in [0.29, 0.717) is 12.3 Å². The first kappa shape index (κ1) is 25.0. The molecule has 9 heteroatoms. The van der Waals surface area contributed by atoms with Gasteiger partial charge in [0.25, 0.3) is 0 Å². The number of alkyl carbamates (subject to hydrolysis) is 1. The van der Waals surface area contributed by atoms with E-state index in [0.717, 1.165) is 10.0 Å². The van der Waals surface area contributed by atoms with Gasteiger partial charge in [0.1, 0.15) is 11.1 Å². The molecule has 2 aromatic carbocycles. The summed E-state index contributed by atoms with van der Waals surface area (Å²) in [5.41, 5.74) is 0.152. The van der Waals surface area contributed by atoms with Crippen molar-refractivity contribution in [1.82, 2.24) is 10.6 Å². The van der Waals surface area contributed by atoms with E-state index in [1.54, 1.807) is 32.9 Å². The lowest BCUT2D eigenvalue weighted by molar-refractivity contribution is -0.0985. The van der Waals surface area contributed by atoms with Gasteiger partial charge >= 0.3 is 12.1 Å². The quantitative estimate of drug-likeness (QED) is 0.478. The van der Waals surface area contributed by atoms with Gasteiger partial charge in [0.15, 0.2) is 0 Å². The monoisotopic (exact) mass is 519 g/mol. The number of benzene rings is 2. The van der Waals surface area contributed by atoms with Crippen molar-refractivity contribution in [3.05, 3.63) is 64.6 Å². The van der Waals surface area contributed by atoms with Crippen LogP contribution in [0.1, 0.15) is 26.3 Å². The molecule has 0 saturated carbocycles. The summed E-state index contributed by atoms with van der Waals surface area (Å²) in [6.45, 7) is 6.37. The molecule has 1 fully saturated rings. The Bertz CT molecular complexity index is 927. The van der Waals surface area contributed by atoms with Gasteiger partial charge in [0, 0.05) is 10.2 Å². The van der Waals surface area contributed by atoms with Gasteiger partial charge < -0.3 is 30.2 Å². The third-order valence-electron chi connectivity index (χ3n) is 4.94. The molecule has 1 atom stereocenters. The smallest absolute Gasteiger partial charge is 0.408 e. The molecule has 8 nitrogen and oxygen atoms in total. The lowest BCUT2D eigenvalue weighted by atomic mass is 9.88. The average molecular weight is 520 g/mol.